The van der Waals surface area contributed by atoms with E-state index in [0.717, 1.165) is 5.56 Å². The molecule has 0 spiro atoms. The van der Waals surface area contributed by atoms with Crippen molar-refractivity contribution in [1.29, 1.82) is 0 Å². The summed E-state index contributed by atoms with van der Waals surface area (Å²) in [6.07, 6.45) is 0. The lowest BCUT2D eigenvalue weighted by Gasteiger charge is -2.08. The third kappa shape index (κ3) is 3.92. The number of fused-ring (bicyclic) bond motifs is 1. The highest BCUT2D eigenvalue weighted by Gasteiger charge is 2.14. The topological polar surface area (TPSA) is 108 Å². The molecule has 1 aromatic carbocycles. The third-order valence-corrected chi connectivity index (χ3v) is 5.04. The Morgan fingerprint density at radius 3 is 2.73 bits per heavy atom. The van der Waals surface area contributed by atoms with Crippen LogP contribution in [0.2, 0.25) is 0 Å². The molecule has 1 N–H and O–H groups in total. The normalized spacial score (nSPS) is 11.6. The van der Waals surface area contributed by atoms with Crippen LogP contribution in [0.3, 0.4) is 0 Å². The predicted octanol–water partition coefficient (Wildman–Crippen LogP) is 1.12. The molecule has 0 aliphatic carbocycles. The molecule has 9 nitrogen and oxygen atoms in total. The highest BCUT2D eigenvalue weighted by atomic mass is 32.2. The van der Waals surface area contributed by atoms with E-state index in [9.17, 15) is 8.42 Å². The Morgan fingerprint density at radius 2 is 1.96 bits per heavy atom. The van der Waals surface area contributed by atoms with Crippen LogP contribution in [0.1, 0.15) is 6.92 Å². The maximum Gasteiger partial charge on any atom is 0.231 e. The Balaban J connectivity index is 1.80. The summed E-state index contributed by atoms with van der Waals surface area (Å²) in [6.45, 7) is 1.89. The Bertz CT molecular complexity index is 1000. The average Bonchev–Trinajstić information content (AvgIpc) is 3.08. The van der Waals surface area contributed by atoms with E-state index < -0.39 is 10.0 Å². The number of sulfonamides is 1. The van der Waals surface area contributed by atoms with Crippen LogP contribution < -0.4 is 14.2 Å². The first-order valence-corrected chi connectivity index (χ1v) is 9.65. The van der Waals surface area contributed by atoms with Crippen molar-refractivity contribution in [2.75, 3.05) is 26.0 Å². The molecule has 10 heteroatoms. The average molecular weight is 377 g/mol. The molecule has 2 heterocycles. The van der Waals surface area contributed by atoms with Crippen LogP contribution in [0, 0.1) is 0 Å². The molecule has 0 atom stereocenters. The van der Waals surface area contributed by atoms with Gasteiger partial charge in [-0.15, -0.1) is 15.3 Å². The molecule has 0 bridgehead atoms. The smallest absolute Gasteiger partial charge is 0.231 e. The van der Waals surface area contributed by atoms with E-state index in [1.54, 1.807) is 30.7 Å². The number of aromatic nitrogens is 4. The maximum atomic E-state index is 11.4. The van der Waals surface area contributed by atoms with Crippen LogP contribution in [0.15, 0.2) is 36.4 Å². The van der Waals surface area contributed by atoms with Crippen LogP contribution in [0.25, 0.3) is 17.0 Å². The number of nitrogens with one attached hydrogen (secondary N) is 1. The molecule has 0 saturated heterocycles. The second-order valence-electron chi connectivity index (χ2n) is 5.31. The summed E-state index contributed by atoms with van der Waals surface area (Å²) in [5, 5.41) is 12.7. The largest absolute Gasteiger partial charge is 0.496 e. The lowest BCUT2D eigenvalue weighted by atomic mass is 10.2. The van der Waals surface area contributed by atoms with Crippen LogP contribution >= 0.6 is 0 Å². The summed E-state index contributed by atoms with van der Waals surface area (Å²) < 4.78 is 37.7. The van der Waals surface area contributed by atoms with Gasteiger partial charge in [-0.05, 0) is 25.1 Å². The number of para-hydroxylation sites is 1. The second kappa shape index (κ2) is 7.67. The van der Waals surface area contributed by atoms with Gasteiger partial charge >= 0.3 is 0 Å². The van der Waals surface area contributed by atoms with Gasteiger partial charge in [-0.2, -0.15) is 4.52 Å². The zero-order valence-corrected chi connectivity index (χ0v) is 15.2. The first kappa shape index (κ1) is 18.1. The molecule has 0 fully saturated rings. The van der Waals surface area contributed by atoms with Gasteiger partial charge in [0.2, 0.25) is 15.9 Å². The van der Waals surface area contributed by atoms with E-state index in [1.807, 2.05) is 24.3 Å². The van der Waals surface area contributed by atoms with Gasteiger partial charge in [0.1, 0.15) is 12.4 Å². The van der Waals surface area contributed by atoms with Crippen molar-refractivity contribution >= 4 is 15.7 Å². The highest BCUT2D eigenvalue weighted by Crippen LogP contribution is 2.28. The lowest BCUT2D eigenvalue weighted by molar-refractivity contribution is 0.306. The van der Waals surface area contributed by atoms with Gasteiger partial charge in [0.05, 0.1) is 18.4 Å². The van der Waals surface area contributed by atoms with Gasteiger partial charge in [-0.1, -0.05) is 12.1 Å². The molecule has 0 amide bonds. The SMILES string of the molecule is CCS(=O)(=O)NCCOc1ccc2nnc(-c3ccccc3OC)n2n1. The second-order valence-corrected chi connectivity index (χ2v) is 7.41. The van der Waals surface area contributed by atoms with E-state index >= 15 is 0 Å². The summed E-state index contributed by atoms with van der Waals surface area (Å²) in [4.78, 5) is 0. The van der Waals surface area contributed by atoms with Crippen LogP contribution in [-0.2, 0) is 10.0 Å². The Morgan fingerprint density at radius 1 is 1.15 bits per heavy atom. The van der Waals surface area contributed by atoms with E-state index in [-0.39, 0.29) is 18.9 Å². The first-order chi connectivity index (χ1) is 12.5. The number of hydrogen-bond acceptors (Lipinski definition) is 7. The molecule has 0 unspecified atom stereocenters. The number of benzene rings is 1. The van der Waals surface area contributed by atoms with Gasteiger partial charge in [0.25, 0.3) is 0 Å². The monoisotopic (exact) mass is 377 g/mol. The zero-order valence-electron chi connectivity index (χ0n) is 14.4. The molecule has 0 aliphatic rings. The number of methoxy groups -OCH3 is 1. The fourth-order valence-corrected chi connectivity index (χ4v) is 2.90. The van der Waals surface area contributed by atoms with Crippen molar-refractivity contribution < 1.29 is 17.9 Å². The number of ether oxygens (including phenoxy) is 2. The molecule has 26 heavy (non-hydrogen) atoms. The summed E-state index contributed by atoms with van der Waals surface area (Å²) in [6, 6.07) is 10.8. The molecular formula is C16H19N5O4S. The molecule has 0 saturated carbocycles. The third-order valence-electron chi connectivity index (χ3n) is 3.64. The number of rotatable bonds is 8. The summed E-state index contributed by atoms with van der Waals surface area (Å²) in [7, 11) is -1.65. The summed E-state index contributed by atoms with van der Waals surface area (Å²) >= 11 is 0. The fraction of sp³-hybridized carbons (Fsp3) is 0.312. The van der Waals surface area contributed by atoms with Crippen molar-refractivity contribution in [2.24, 2.45) is 0 Å². The first-order valence-electron chi connectivity index (χ1n) is 8.00. The Kier molecular flexibility index (Phi) is 5.33. The quantitative estimate of drug-likeness (QED) is 0.586. The van der Waals surface area contributed by atoms with Gasteiger partial charge < -0.3 is 9.47 Å². The van der Waals surface area contributed by atoms with E-state index in [0.29, 0.717) is 23.1 Å². The Hall–Kier alpha value is -2.72. The van der Waals surface area contributed by atoms with Crippen molar-refractivity contribution in [3.05, 3.63) is 36.4 Å². The van der Waals surface area contributed by atoms with Crippen LogP contribution in [0.4, 0.5) is 0 Å². The molecule has 0 radical (unpaired) electrons. The Labute approximate surface area is 151 Å². The van der Waals surface area contributed by atoms with Crippen LogP contribution in [0.5, 0.6) is 11.6 Å². The lowest BCUT2D eigenvalue weighted by Crippen LogP contribution is -2.29. The fourth-order valence-electron chi connectivity index (χ4n) is 2.30. The van der Waals surface area contributed by atoms with E-state index in [2.05, 4.69) is 20.0 Å². The minimum absolute atomic E-state index is 0.0280. The minimum atomic E-state index is -3.24. The van der Waals surface area contributed by atoms with E-state index in [1.165, 1.54) is 0 Å². The predicted molar refractivity (Wildman–Crippen MR) is 95.7 cm³/mol. The molecule has 2 aromatic heterocycles. The van der Waals surface area contributed by atoms with Crippen molar-refractivity contribution in [1.82, 2.24) is 24.5 Å². The summed E-state index contributed by atoms with van der Waals surface area (Å²) in [5.41, 5.74) is 1.31. The van der Waals surface area contributed by atoms with E-state index in [4.69, 9.17) is 9.47 Å². The highest BCUT2D eigenvalue weighted by molar-refractivity contribution is 7.89. The minimum Gasteiger partial charge on any atom is -0.496 e. The number of nitrogens with zero attached hydrogens (tertiary/aromatic N) is 4. The molecule has 3 aromatic rings. The zero-order chi connectivity index (χ0) is 18.6. The maximum absolute atomic E-state index is 11.4. The van der Waals surface area contributed by atoms with Crippen molar-refractivity contribution in [2.45, 2.75) is 6.92 Å². The van der Waals surface area contributed by atoms with Gasteiger partial charge in [0.15, 0.2) is 11.5 Å². The molecule has 3 rings (SSSR count). The van der Waals surface area contributed by atoms with Crippen molar-refractivity contribution in [3.63, 3.8) is 0 Å². The van der Waals surface area contributed by atoms with Gasteiger partial charge in [0, 0.05) is 12.6 Å². The number of hydrogen-bond donors (Lipinski definition) is 1. The standard InChI is InChI=1S/C16H19N5O4S/c1-3-26(22,23)17-10-11-25-15-9-8-14-18-19-16(21(14)20-15)12-6-4-5-7-13(12)24-2/h4-9,17H,3,10-11H2,1-2H3. The van der Waals surface area contributed by atoms with Gasteiger partial charge in [-0.3, -0.25) is 0 Å². The van der Waals surface area contributed by atoms with Crippen LogP contribution in [-0.4, -0.2) is 54.2 Å². The molecule has 0 aliphatic heterocycles. The molecule has 138 valence electrons. The molecular weight excluding hydrogens is 358 g/mol. The summed E-state index contributed by atoms with van der Waals surface area (Å²) in [5.74, 6) is 1.54. The van der Waals surface area contributed by atoms with Crippen molar-refractivity contribution in [3.8, 4) is 23.0 Å². The van der Waals surface area contributed by atoms with Gasteiger partial charge in [-0.25, -0.2) is 13.1 Å².